The molecular weight excluding hydrogens is 356 g/mol. The van der Waals surface area contributed by atoms with Crippen molar-refractivity contribution in [1.29, 1.82) is 0 Å². The van der Waals surface area contributed by atoms with Gasteiger partial charge >= 0.3 is 5.97 Å². The maximum Gasteiger partial charge on any atom is 0.331 e. The van der Waals surface area contributed by atoms with Crippen molar-refractivity contribution in [2.45, 2.75) is 77.5 Å². The maximum atomic E-state index is 11.9. The SMILES string of the molecule is CCOC(=O)/C=C(\C=C\C1(O)C(C)=CC2(OC(C)C(C)O2)C2CC21C)C1CC1. The monoisotopic (exact) mass is 388 g/mol. The molecule has 0 aromatic carbocycles. The Kier molecular flexibility index (Phi) is 4.64. The molecule has 4 aliphatic rings. The van der Waals surface area contributed by atoms with Crippen LogP contribution in [0.25, 0.3) is 0 Å². The molecule has 154 valence electrons. The Morgan fingerprint density at radius 1 is 1.32 bits per heavy atom. The number of ether oxygens (including phenoxy) is 3. The van der Waals surface area contributed by atoms with E-state index in [1.807, 2.05) is 39.0 Å². The van der Waals surface area contributed by atoms with Crippen LogP contribution in [0.4, 0.5) is 0 Å². The van der Waals surface area contributed by atoms with Gasteiger partial charge in [-0.2, -0.15) is 0 Å². The van der Waals surface area contributed by atoms with Crippen LogP contribution < -0.4 is 0 Å². The fraction of sp³-hybridized carbons (Fsp3) is 0.696. The van der Waals surface area contributed by atoms with Gasteiger partial charge in [-0.05, 0) is 76.2 Å². The van der Waals surface area contributed by atoms with Crippen molar-refractivity contribution >= 4 is 5.97 Å². The molecule has 28 heavy (non-hydrogen) atoms. The normalized spacial score (nSPS) is 45.3. The minimum Gasteiger partial charge on any atom is -0.463 e. The Labute approximate surface area is 167 Å². The molecule has 3 fully saturated rings. The van der Waals surface area contributed by atoms with Crippen molar-refractivity contribution in [2.24, 2.45) is 17.3 Å². The molecule has 0 bridgehead atoms. The molecular formula is C23H32O5. The third-order valence-corrected chi connectivity index (χ3v) is 7.15. The zero-order chi connectivity index (χ0) is 20.3. The number of hydrogen-bond acceptors (Lipinski definition) is 5. The summed E-state index contributed by atoms with van der Waals surface area (Å²) in [7, 11) is 0. The van der Waals surface area contributed by atoms with E-state index < -0.39 is 11.4 Å². The molecule has 1 N–H and O–H groups in total. The lowest BCUT2D eigenvalue weighted by molar-refractivity contribution is -0.171. The van der Waals surface area contributed by atoms with E-state index in [2.05, 4.69) is 6.92 Å². The quantitative estimate of drug-likeness (QED) is 0.337. The number of fused-ring (bicyclic) bond motifs is 2. The number of rotatable bonds is 5. The molecule has 5 unspecified atom stereocenters. The number of aliphatic hydroxyl groups is 1. The van der Waals surface area contributed by atoms with E-state index in [-0.39, 0.29) is 29.5 Å². The first-order valence-corrected chi connectivity index (χ1v) is 10.5. The van der Waals surface area contributed by atoms with Crippen molar-refractivity contribution in [3.05, 3.63) is 35.5 Å². The number of hydrogen-bond donors (Lipinski definition) is 1. The van der Waals surface area contributed by atoms with Gasteiger partial charge in [-0.25, -0.2) is 4.79 Å². The van der Waals surface area contributed by atoms with Crippen molar-refractivity contribution in [3.8, 4) is 0 Å². The molecule has 0 radical (unpaired) electrons. The molecule has 1 spiro atoms. The molecule has 5 atom stereocenters. The number of carbonyl (C=O) groups is 1. The van der Waals surface area contributed by atoms with Crippen molar-refractivity contribution in [1.82, 2.24) is 0 Å². The first kappa shape index (κ1) is 19.9. The molecule has 1 saturated heterocycles. The summed E-state index contributed by atoms with van der Waals surface area (Å²) in [5.74, 6) is -0.543. The second-order valence-electron chi connectivity index (χ2n) is 9.14. The van der Waals surface area contributed by atoms with Gasteiger partial charge < -0.3 is 19.3 Å². The number of allylic oxidation sites excluding steroid dienone is 2. The van der Waals surface area contributed by atoms with Gasteiger partial charge in [0.05, 0.1) is 18.8 Å². The lowest BCUT2D eigenvalue weighted by atomic mass is 9.72. The first-order valence-electron chi connectivity index (χ1n) is 10.5. The minimum absolute atomic E-state index is 0.0321. The second kappa shape index (κ2) is 6.54. The predicted octanol–water partition coefficient (Wildman–Crippen LogP) is 3.68. The van der Waals surface area contributed by atoms with Crippen LogP contribution >= 0.6 is 0 Å². The van der Waals surface area contributed by atoms with Crippen LogP contribution in [0.3, 0.4) is 0 Å². The summed E-state index contributed by atoms with van der Waals surface area (Å²) in [4.78, 5) is 11.9. The molecule has 0 aromatic heterocycles. The third-order valence-electron chi connectivity index (χ3n) is 7.15. The molecule has 3 aliphatic carbocycles. The van der Waals surface area contributed by atoms with Crippen LogP contribution in [0.2, 0.25) is 0 Å². The molecule has 1 heterocycles. The van der Waals surface area contributed by atoms with E-state index in [9.17, 15) is 9.90 Å². The van der Waals surface area contributed by atoms with Gasteiger partial charge in [0.15, 0.2) is 5.79 Å². The molecule has 0 amide bonds. The summed E-state index contributed by atoms with van der Waals surface area (Å²) in [6.07, 6.45) is 10.4. The van der Waals surface area contributed by atoms with E-state index in [0.29, 0.717) is 12.5 Å². The van der Waals surface area contributed by atoms with Gasteiger partial charge in [0.25, 0.3) is 0 Å². The highest BCUT2D eigenvalue weighted by Gasteiger charge is 2.74. The molecule has 1 aliphatic heterocycles. The van der Waals surface area contributed by atoms with Crippen molar-refractivity contribution < 1.29 is 24.1 Å². The van der Waals surface area contributed by atoms with Crippen LogP contribution in [-0.4, -0.2) is 41.3 Å². The Morgan fingerprint density at radius 2 is 1.96 bits per heavy atom. The van der Waals surface area contributed by atoms with Gasteiger partial charge in [-0.1, -0.05) is 13.0 Å². The number of esters is 1. The van der Waals surface area contributed by atoms with Gasteiger partial charge in [-0.15, -0.1) is 0 Å². The van der Waals surface area contributed by atoms with Gasteiger partial charge in [-0.3, -0.25) is 0 Å². The smallest absolute Gasteiger partial charge is 0.331 e. The average molecular weight is 389 g/mol. The fourth-order valence-electron chi connectivity index (χ4n) is 4.95. The van der Waals surface area contributed by atoms with E-state index in [1.54, 1.807) is 13.0 Å². The van der Waals surface area contributed by atoms with Crippen LogP contribution in [0.1, 0.15) is 53.9 Å². The standard InChI is InChI=1S/C23H32O5/c1-6-26-20(24)11-18(17-7-8-17)9-10-22(25)14(2)12-23(19-13-21(19,22)5)27-15(3)16(4)28-23/h9-12,15-17,19,25H,6-8,13H2,1-5H3/b10-9+,18-11+. The summed E-state index contributed by atoms with van der Waals surface area (Å²) in [5, 5.41) is 11.7. The minimum atomic E-state index is -1.08. The summed E-state index contributed by atoms with van der Waals surface area (Å²) in [6, 6.07) is 0. The highest BCUT2D eigenvalue weighted by molar-refractivity contribution is 5.83. The molecule has 5 heteroatoms. The van der Waals surface area contributed by atoms with Crippen LogP contribution in [0, 0.1) is 17.3 Å². The van der Waals surface area contributed by atoms with E-state index >= 15 is 0 Å². The van der Waals surface area contributed by atoms with Crippen LogP contribution in [-0.2, 0) is 19.0 Å². The summed E-state index contributed by atoms with van der Waals surface area (Å²) < 4.78 is 17.5. The Hall–Kier alpha value is -1.43. The van der Waals surface area contributed by atoms with E-state index in [4.69, 9.17) is 14.2 Å². The molecule has 0 aromatic rings. The summed E-state index contributed by atoms with van der Waals surface area (Å²) in [6.45, 7) is 10.3. The Bertz CT molecular complexity index is 751. The maximum absolute atomic E-state index is 11.9. The Balaban J connectivity index is 1.63. The number of carbonyl (C=O) groups excluding carboxylic acids is 1. The first-order chi connectivity index (χ1) is 13.1. The van der Waals surface area contributed by atoms with Crippen LogP contribution in [0.5, 0.6) is 0 Å². The molecule has 5 nitrogen and oxygen atoms in total. The largest absolute Gasteiger partial charge is 0.463 e. The summed E-state index contributed by atoms with van der Waals surface area (Å²) in [5.41, 5.74) is 0.363. The molecule has 4 rings (SSSR count). The zero-order valence-corrected chi connectivity index (χ0v) is 17.5. The predicted molar refractivity (Wildman–Crippen MR) is 105 cm³/mol. The van der Waals surface area contributed by atoms with Gasteiger partial charge in [0, 0.05) is 17.4 Å². The summed E-state index contributed by atoms with van der Waals surface area (Å²) >= 11 is 0. The fourth-order valence-corrected chi connectivity index (χ4v) is 4.95. The van der Waals surface area contributed by atoms with E-state index in [0.717, 1.165) is 30.4 Å². The lowest BCUT2D eigenvalue weighted by Crippen LogP contribution is -2.48. The molecule has 2 saturated carbocycles. The van der Waals surface area contributed by atoms with Crippen molar-refractivity contribution in [2.75, 3.05) is 6.61 Å². The Morgan fingerprint density at radius 3 is 2.54 bits per heavy atom. The van der Waals surface area contributed by atoms with Gasteiger partial charge in [0.1, 0.15) is 5.60 Å². The third kappa shape index (κ3) is 2.99. The highest BCUT2D eigenvalue weighted by Crippen LogP contribution is 2.70. The zero-order valence-electron chi connectivity index (χ0n) is 17.5. The second-order valence-corrected chi connectivity index (χ2v) is 9.14. The average Bonchev–Trinajstić information content (AvgIpc) is 3.52. The topological polar surface area (TPSA) is 65.0 Å². The lowest BCUT2D eigenvalue weighted by Gasteiger charge is -2.42. The highest BCUT2D eigenvalue weighted by atomic mass is 16.8. The van der Waals surface area contributed by atoms with Gasteiger partial charge in [0.2, 0.25) is 0 Å². The van der Waals surface area contributed by atoms with Crippen molar-refractivity contribution in [3.63, 3.8) is 0 Å². The van der Waals surface area contributed by atoms with E-state index in [1.165, 1.54) is 0 Å². The van der Waals surface area contributed by atoms with Crippen LogP contribution in [0.15, 0.2) is 35.5 Å².